The minimum atomic E-state index is -4.56. The Kier molecular flexibility index (Phi) is 8.16. The van der Waals surface area contributed by atoms with Gasteiger partial charge in [-0.2, -0.15) is 13.2 Å². The average Bonchev–Trinajstić information content (AvgIpc) is 2.65. The fraction of sp³-hybridized carbons (Fsp3) is 0.619. The highest BCUT2D eigenvalue weighted by Crippen LogP contribution is 2.32. The van der Waals surface area contributed by atoms with Gasteiger partial charge in [-0.1, -0.05) is 32.4 Å². The zero-order chi connectivity index (χ0) is 22.5. The first kappa shape index (κ1) is 24.5. The van der Waals surface area contributed by atoms with Crippen molar-refractivity contribution in [1.82, 2.24) is 15.5 Å². The van der Waals surface area contributed by atoms with Gasteiger partial charge in [-0.3, -0.25) is 9.59 Å². The summed E-state index contributed by atoms with van der Waals surface area (Å²) >= 11 is 5.74. The van der Waals surface area contributed by atoms with Crippen molar-refractivity contribution in [2.75, 3.05) is 32.7 Å². The van der Waals surface area contributed by atoms with E-state index in [4.69, 9.17) is 11.6 Å². The highest BCUT2D eigenvalue weighted by Gasteiger charge is 2.32. The molecule has 168 valence electrons. The lowest BCUT2D eigenvalue weighted by molar-refractivity contribution is -0.137. The number of nitrogens with zero attached hydrogens (tertiary/aromatic N) is 1. The van der Waals surface area contributed by atoms with Gasteiger partial charge in [0.2, 0.25) is 5.91 Å². The summed E-state index contributed by atoms with van der Waals surface area (Å²) in [4.78, 5) is 26.4. The summed E-state index contributed by atoms with van der Waals surface area (Å²) < 4.78 is 38.7. The molecule has 1 saturated heterocycles. The Morgan fingerprint density at radius 3 is 2.30 bits per heavy atom. The molecule has 2 amide bonds. The monoisotopic (exact) mass is 447 g/mol. The van der Waals surface area contributed by atoms with Crippen molar-refractivity contribution in [3.05, 3.63) is 34.3 Å². The number of piperidine rings is 1. The van der Waals surface area contributed by atoms with Crippen molar-refractivity contribution in [3.8, 4) is 0 Å². The van der Waals surface area contributed by atoms with Crippen LogP contribution >= 0.6 is 11.6 Å². The Morgan fingerprint density at radius 1 is 1.10 bits per heavy atom. The molecule has 0 aliphatic carbocycles. The van der Waals surface area contributed by atoms with E-state index < -0.39 is 23.1 Å². The van der Waals surface area contributed by atoms with E-state index in [9.17, 15) is 22.8 Å². The first-order valence-electron chi connectivity index (χ1n) is 10.0. The highest BCUT2D eigenvalue weighted by atomic mass is 35.5. The third kappa shape index (κ3) is 7.47. The summed E-state index contributed by atoms with van der Waals surface area (Å²) in [6.45, 7) is 9.07. The van der Waals surface area contributed by atoms with Crippen molar-refractivity contribution in [1.29, 1.82) is 0 Å². The first-order chi connectivity index (χ1) is 13.9. The molecule has 9 heteroatoms. The molecule has 2 N–H and O–H groups in total. The maximum atomic E-state index is 12.9. The van der Waals surface area contributed by atoms with E-state index in [2.05, 4.69) is 15.5 Å². The summed E-state index contributed by atoms with van der Waals surface area (Å²) in [7, 11) is 0. The highest BCUT2D eigenvalue weighted by molar-refractivity contribution is 6.31. The van der Waals surface area contributed by atoms with Crippen LogP contribution in [0, 0.1) is 11.3 Å². The van der Waals surface area contributed by atoms with E-state index in [0.29, 0.717) is 13.1 Å². The van der Waals surface area contributed by atoms with Gasteiger partial charge in [0, 0.05) is 35.6 Å². The summed E-state index contributed by atoms with van der Waals surface area (Å²) in [6, 6.07) is 2.86. The molecule has 1 heterocycles. The van der Waals surface area contributed by atoms with Gasteiger partial charge in [0.15, 0.2) is 0 Å². The van der Waals surface area contributed by atoms with Crippen LogP contribution < -0.4 is 10.6 Å². The maximum absolute atomic E-state index is 12.9. The second-order valence-corrected chi connectivity index (χ2v) is 9.16. The van der Waals surface area contributed by atoms with Crippen LogP contribution in [0.25, 0.3) is 0 Å². The molecule has 5 nitrogen and oxygen atoms in total. The molecule has 0 radical (unpaired) electrons. The molecular weight excluding hydrogens is 419 g/mol. The van der Waals surface area contributed by atoms with Crippen LogP contribution in [0.3, 0.4) is 0 Å². The Hall–Kier alpha value is -1.80. The lowest BCUT2D eigenvalue weighted by atomic mass is 9.95. The SMILES string of the molecule is CC(C)(C)C(=O)NCCN1CCC(CNC(=O)c2cc(Cl)cc(C(F)(F)F)c2)CC1. The summed E-state index contributed by atoms with van der Waals surface area (Å²) in [5.74, 6) is -0.277. The van der Waals surface area contributed by atoms with Gasteiger partial charge < -0.3 is 15.5 Å². The van der Waals surface area contributed by atoms with Crippen LogP contribution in [0.1, 0.15) is 49.5 Å². The van der Waals surface area contributed by atoms with Gasteiger partial charge >= 0.3 is 6.18 Å². The molecule has 0 aromatic heterocycles. The van der Waals surface area contributed by atoms with Crippen molar-refractivity contribution in [3.63, 3.8) is 0 Å². The topological polar surface area (TPSA) is 61.4 Å². The second-order valence-electron chi connectivity index (χ2n) is 8.73. The van der Waals surface area contributed by atoms with Gasteiger partial charge in [0.05, 0.1) is 5.56 Å². The number of hydrogen-bond donors (Lipinski definition) is 2. The van der Waals surface area contributed by atoms with Gasteiger partial charge in [0.25, 0.3) is 5.91 Å². The third-order valence-electron chi connectivity index (χ3n) is 5.14. The number of rotatable bonds is 6. The van der Waals surface area contributed by atoms with E-state index in [0.717, 1.165) is 44.6 Å². The lowest BCUT2D eigenvalue weighted by Gasteiger charge is -2.32. The van der Waals surface area contributed by atoms with E-state index in [-0.39, 0.29) is 22.4 Å². The van der Waals surface area contributed by atoms with E-state index in [1.165, 1.54) is 6.07 Å². The molecule has 0 bridgehead atoms. The zero-order valence-corrected chi connectivity index (χ0v) is 18.3. The molecule has 1 aromatic rings. The fourth-order valence-electron chi connectivity index (χ4n) is 3.23. The molecule has 0 saturated carbocycles. The van der Waals surface area contributed by atoms with Crippen molar-refractivity contribution < 1.29 is 22.8 Å². The van der Waals surface area contributed by atoms with Crippen molar-refractivity contribution in [2.24, 2.45) is 11.3 Å². The van der Waals surface area contributed by atoms with Crippen LogP contribution in [0.2, 0.25) is 5.02 Å². The van der Waals surface area contributed by atoms with Crippen molar-refractivity contribution >= 4 is 23.4 Å². The number of halogens is 4. The molecule has 1 aliphatic rings. The molecular formula is C21H29ClF3N3O2. The number of carbonyl (C=O) groups excluding carboxylic acids is 2. The number of hydrogen-bond acceptors (Lipinski definition) is 3. The van der Waals surface area contributed by atoms with E-state index >= 15 is 0 Å². The van der Waals surface area contributed by atoms with Crippen LogP contribution in [0.5, 0.6) is 0 Å². The molecule has 0 spiro atoms. The molecule has 30 heavy (non-hydrogen) atoms. The number of likely N-dealkylation sites (tertiary alicyclic amines) is 1. The predicted molar refractivity (Wildman–Crippen MR) is 110 cm³/mol. The number of alkyl halides is 3. The molecule has 1 fully saturated rings. The summed E-state index contributed by atoms with van der Waals surface area (Å²) in [6.07, 6.45) is -2.81. The van der Waals surface area contributed by atoms with Crippen LogP contribution in [-0.2, 0) is 11.0 Å². The molecule has 0 atom stereocenters. The average molecular weight is 448 g/mol. The largest absolute Gasteiger partial charge is 0.416 e. The second kappa shape index (κ2) is 10.0. The Labute approximate surface area is 180 Å². The van der Waals surface area contributed by atoms with Gasteiger partial charge in [-0.25, -0.2) is 0 Å². The minimum Gasteiger partial charge on any atom is -0.354 e. The fourth-order valence-corrected chi connectivity index (χ4v) is 3.47. The molecule has 0 unspecified atom stereocenters. The Morgan fingerprint density at radius 2 is 1.73 bits per heavy atom. The normalized spacial score (nSPS) is 16.4. The molecule has 2 rings (SSSR count). The number of carbonyl (C=O) groups is 2. The van der Waals surface area contributed by atoms with Gasteiger partial charge in [0.1, 0.15) is 0 Å². The summed E-state index contributed by atoms with van der Waals surface area (Å²) in [5, 5.41) is 5.53. The van der Waals surface area contributed by atoms with E-state index in [1.54, 1.807) is 0 Å². The number of amides is 2. The lowest BCUT2D eigenvalue weighted by Crippen LogP contribution is -2.43. The van der Waals surface area contributed by atoms with Crippen LogP contribution in [-0.4, -0.2) is 49.4 Å². The van der Waals surface area contributed by atoms with Crippen LogP contribution in [0.15, 0.2) is 18.2 Å². The predicted octanol–water partition coefficient (Wildman–Crippen LogP) is 3.96. The van der Waals surface area contributed by atoms with Crippen LogP contribution in [0.4, 0.5) is 13.2 Å². The molecule has 1 aromatic carbocycles. The first-order valence-corrected chi connectivity index (χ1v) is 10.4. The quantitative estimate of drug-likeness (QED) is 0.693. The maximum Gasteiger partial charge on any atom is 0.416 e. The summed E-state index contributed by atoms with van der Waals surface area (Å²) in [5.41, 5.74) is -1.44. The van der Waals surface area contributed by atoms with E-state index in [1.807, 2.05) is 20.8 Å². The standard InChI is InChI=1S/C21H29ClF3N3O2/c1-20(2,3)19(30)26-6-9-28-7-4-14(5-8-28)13-27-18(29)15-10-16(21(23,24)25)12-17(22)11-15/h10-12,14H,4-9,13H2,1-3H3,(H,26,30)(H,27,29). The van der Waals surface area contributed by atoms with Gasteiger partial charge in [-0.15, -0.1) is 0 Å². The Balaban J connectivity index is 1.75. The van der Waals surface area contributed by atoms with Gasteiger partial charge in [-0.05, 0) is 50.0 Å². The minimum absolute atomic E-state index is 0.0230. The Bertz CT molecular complexity index is 755. The molecule has 1 aliphatic heterocycles. The third-order valence-corrected chi connectivity index (χ3v) is 5.36. The smallest absolute Gasteiger partial charge is 0.354 e. The number of nitrogens with one attached hydrogen (secondary N) is 2. The number of benzene rings is 1. The zero-order valence-electron chi connectivity index (χ0n) is 17.5. The van der Waals surface area contributed by atoms with Crippen molar-refractivity contribution in [2.45, 2.75) is 39.8 Å².